The molecule has 0 aliphatic heterocycles. The van der Waals surface area contributed by atoms with Crippen molar-refractivity contribution in [2.45, 2.75) is 57.2 Å². The SMILES string of the molecule is CC(NC(=O)C1CC1c1ccccc1C(F)(F)F)C1CC2CCC1C2. The van der Waals surface area contributed by atoms with Gasteiger partial charge < -0.3 is 5.32 Å². The van der Waals surface area contributed by atoms with Crippen molar-refractivity contribution >= 4 is 5.91 Å². The summed E-state index contributed by atoms with van der Waals surface area (Å²) in [6, 6.07) is 5.78. The van der Waals surface area contributed by atoms with Gasteiger partial charge in [-0.1, -0.05) is 24.6 Å². The molecule has 0 radical (unpaired) electrons. The van der Waals surface area contributed by atoms with Crippen LogP contribution in [0.3, 0.4) is 0 Å². The van der Waals surface area contributed by atoms with E-state index in [9.17, 15) is 18.0 Å². The van der Waals surface area contributed by atoms with E-state index in [0.717, 1.165) is 17.9 Å². The van der Waals surface area contributed by atoms with E-state index in [1.165, 1.54) is 37.8 Å². The Labute approximate surface area is 146 Å². The van der Waals surface area contributed by atoms with Gasteiger partial charge in [0.1, 0.15) is 0 Å². The molecule has 25 heavy (non-hydrogen) atoms. The zero-order valence-corrected chi connectivity index (χ0v) is 14.4. The Morgan fingerprint density at radius 2 is 1.92 bits per heavy atom. The van der Waals surface area contributed by atoms with Crippen molar-refractivity contribution in [2.24, 2.45) is 23.7 Å². The van der Waals surface area contributed by atoms with E-state index in [1.54, 1.807) is 6.07 Å². The number of halogens is 3. The molecule has 1 amide bonds. The lowest BCUT2D eigenvalue weighted by molar-refractivity contribution is -0.138. The highest BCUT2D eigenvalue weighted by Gasteiger charge is 2.49. The topological polar surface area (TPSA) is 29.1 Å². The lowest BCUT2D eigenvalue weighted by Gasteiger charge is -2.28. The molecule has 6 atom stereocenters. The Bertz CT molecular complexity index is 671. The number of amides is 1. The lowest BCUT2D eigenvalue weighted by atomic mass is 9.84. The number of hydrogen-bond acceptors (Lipinski definition) is 1. The summed E-state index contributed by atoms with van der Waals surface area (Å²) < 4.78 is 39.5. The molecule has 5 heteroatoms. The van der Waals surface area contributed by atoms with Gasteiger partial charge in [0.25, 0.3) is 0 Å². The van der Waals surface area contributed by atoms with E-state index in [2.05, 4.69) is 12.2 Å². The van der Waals surface area contributed by atoms with Crippen molar-refractivity contribution < 1.29 is 18.0 Å². The fraction of sp³-hybridized carbons (Fsp3) is 0.650. The maximum absolute atomic E-state index is 13.2. The minimum Gasteiger partial charge on any atom is -0.353 e. The van der Waals surface area contributed by atoms with Crippen molar-refractivity contribution in [1.29, 1.82) is 0 Å². The number of rotatable bonds is 4. The maximum Gasteiger partial charge on any atom is 0.416 e. The molecular formula is C20H24F3NO. The molecule has 1 aromatic rings. The smallest absolute Gasteiger partial charge is 0.353 e. The van der Waals surface area contributed by atoms with Crippen molar-refractivity contribution in [3.63, 3.8) is 0 Å². The van der Waals surface area contributed by atoms with Crippen LogP contribution in [0.1, 0.15) is 56.1 Å². The van der Waals surface area contributed by atoms with Crippen LogP contribution in [0, 0.1) is 23.7 Å². The van der Waals surface area contributed by atoms with Crippen LogP contribution in [0.5, 0.6) is 0 Å². The van der Waals surface area contributed by atoms with Gasteiger partial charge >= 0.3 is 6.18 Å². The molecule has 0 saturated heterocycles. The van der Waals surface area contributed by atoms with Gasteiger partial charge in [-0.05, 0) is 67.9 Å². The molecule has 3 fully saturated rings. The highest BCUT2D eigenvalue weighted by Crippen LogP contribution is 2.52. The average Bonchev–Trinajstić information content (AvgIpc) is 3.08. The lowest BCUT2D eigenvalue weighted by Crippen LogP contribution is -2.41. The molecule has 1 aromatic carbocycles. The number of nitrogens with one attached hydrogen (secondary N) is 1. The average molecular weight is 351 g/mol. The Balaban J connectivity index is 1.39. The third kappa shape index (κ3) is 3.18. The summed E-state index contributed by atoms with van der Waals surface area (Å²) in [5.41, 5.74) is -0.334. The first kappa shape index (κ1) is 16.9. The number of carbonyl (C=O) groups is 1. The highest BCUT2D eigenvalue weighted by atomic mass is 19.4. The number of fused-ring (bicyclic) bond motifs is 2. The summed E-state index contributed by atoms with van der Waals surface area (Å²) in [6.45, 7) is 2.06. The third-order valence-corrected chi connectivity index (χ3v) is 6.60. The molecule has 4 rings (SSSR count). The van der Waals surface area contributed by atoms with Crippen molar-refractivity contribution in [2.75, 3.05) is 0 Å². The summed E-state index contributed by atoms with van der Waals surface area (Å²) in [5, 5.41) is 3.11. The molecule has 136 valence electrons. The second kappa shape index (κ2) is 6.03. The van der Waals surface area contributed by atoms with Crippen LogP contribution in [0.25, 0.3) is 0 Å². The standard InChI is InChI=1S/C20H24F3NO/c1-11(15-9-12-6-7-13(15)8-12)24-19(25)17-10-16(17)14-4-2-3-5-18(14)20(21,22)23/h2-5,11-13,15-17H,6-10H2,1H3,(H,24,25). The van der Waals surface area contributed by atoms with Crippen LogP contribution in [-0.2, 0) is 11.0 Å². The monoisotopic (exact) mass is 351 g/mol. The van der Waals surface area contributed by atoms with E-state index in [4.69, 9.17) is 0 Å². The van der Waals surface area contributed by atoms with Crippen molar-refractivity contribution in [1.82, 2.24) is 5.32 Å². The van der Waals surface area contributed by atoms with Gasteiger partial charge in [0.2, 0.25) is 5.91 Å². The minimum absolute atomic E-state index is 0.0720. The predicted octanol–water partition coefficient (Wildman–Crippen LogP) is 4.75. The summed E-state index contributed by atoms with van der Waals surface area (Å²) >= 11 is 0. The summed E-state index contributed by atoms with van der Waals surface area (Å²) in [5.74, 6) is 1.40. The Morgan fingerprint density at radius 3 is 2.56 bits per heavy atom. The number of carbonyl (C=O) groups excluding carboxylic acids is 1. The van der Waals surface area contributed by atoms with Crippen LogP contribution < -0.4 is 5.32 Å². The van der Waals surface area contributed by atoms with Crippen LogP contribution in [0.4, 0.5) is 13.2 Å². The van der Waals surface area contributed by atoms with E-state index in [-0.39, 0.29) is 29.3 Å². The van der Waals surface area contributed by atoms with E-state index >= 15 is 0 Å². The van der Waals surface area contributed by atoms with Crippen molar-refractivity contribution in [3.8, 4) is 0 Å². The van der Waals surface area contributed by atoms with Gasteiger partial charge in [-0.3, -0.25) is 4.79 Å². The first-order valence-corrected chi connectivity index (χ1v) is 9.31. The largest absolute Gasteiger partial charge is 0.416 e. The Kier molecular flexibility index (Phi) is 4.08. The van der Waals surface area contributed by atoms with E-state index < -0.39 is 11.7 Å². The fourth-order valence-electron chi connectivity index (χ4n) is 5.25. The first-order chi connectivity index (χ1) is 11.8. The van der Waals surface area contributed by atoms with Gasteiger partial charge in [-0.15, -0.1) is 0 Å². The molecule has 0 spiro atoms. The minimum atomic E-state index is -4.36. The molecule has 2 bridgehead atoms. The normalized spacial score (nSPS) is 34.8. The van der Waals surface area contributed by atoms with E-state index in [1.807, 2.05) is 0 Å². The number of alkyl halides is 3. The zero-order chi connectivity index (χ0) is 17.8. The van der Waals surface area contributed by atoms with Gasteiger partial charge in [0.05, 0.1) is 5.56 Å². The second-order valence-corrected chi connectivity index (χ2v) is 8.17. The summed E-state index contributed by atoms with van der Waals surface area (Å²) in [4.78, 5) is 12.5. The van der Waals surface area contributed by atoms with Crippen LogP contribution in [-0.4, -0.2) is 11.9 Å². The third-order valence-electron chi connectivity index (χ3n) is 6.60. The highest BCUT2D eigenvalue weighted by molar-refractivity contribution is 5.83. The molecule has 1 N–H and O–H groups in total. The number of hydrogen-bond donors (Lipinski definition) is 1. The maximum atomic E-state index is 13.2. The first-order valence-electron chi connectivity index (χ1n) is 9.31. The molecule has 3 aliphatic carbocycles. The predicted molar refractivity (Wildman–Crippen MR) is 88.8 cm³/mol. The molecule has 3 saturated carbocycles. The Morgan fingerprint density at radius 1 is 1.16 bits per heavy atom. The molecule has 6 unspecified atom stereocenters. The fourth-order valence-corrected chi connectivity index (χ4v) is 5.25. The zero-order valence-electron chi connectivity index (χ0n) is 14.4. The van der Waals surface area contributed by atoms with E-state index in [0.29, 0.717) is 12.3 Å². The Hall–Kier alpha value is -1.52. The van der Waals surface area contributed by atoms with Gasteiger partial charge in [0, 0.05) is 12.0 Å². The molecule has 0 aromatic heterocycles. The molecule has 3 aliphatic rings. The van der Waals surface area contributed by atoms with Crippen LogP contribution >= 0.6 is 0 Å². The molecule has 2 nitrogen and oxygen atoms in total. The number of benzene rings is 1. The van der Waals surface area contributed by atoms with Gasteiger partial charge in [-0.25, -0.2) is 0 Å². The molecule has 0 heterocycles. The second-order valence-electron chi connectivity index (χ2n) is 8.17. The van der Waals surface area contributed by atoms with Gasteiger partial charge in [-0.2, -0.15) is 13.2 Å². The summed E-state index contributed by atoms with van der Waals surface area (Å²) in [6.07, 6.45) is 1.22. The molecular weight excluding hydrogens is 327 g/mol. The van der Waals surface area contributed by atoms with Crippen LogP contribution in [0.2, 0.25) is 0 Å². The van der Waals surface area contributed by atoms with Crippen molar-refractivity contribution in [3.05, 3.63) is 35.4 Å². The van der Waals surface area contributed by atoms with Gasteiger partial charge in [0.15, 0.2) is 0 Å². The summed E-state index contributed by atoms with van der Waals surface area (Å²) in [7, 11) is 0. The quantitative estimate of drug-likeness (QED) is 0.833. The van der Waals surface area contributed by atoms with Crippen LogP contribution in [0.15, 0.2) is 24.3 Å².